The molecule has 0 fully saturated rings. The number of rotatable bonds is 5. The average Bonchev–Trinajstić information content (AvgIpc) is 3.48. The summed E-state index contributed by atoms with van der Waals surface area (Å²) in [5.41, 5.74) is 6.25. The van der Waals surface area contributed by atoms with E-state index in [0.717, 1.165) is 15.2 Å². The van der Waals surface area contributed by atoms with Crippen LogP contribution in [0.25, 0.3) is 11.0 Å². The normalized spacial score (nSPS) is 14.8. The quantitative estimate of drug-likeness (QED) is 0.335. The topological polar surface area (TPSA) is 89.8 Å². The Hall–Kier alpha value is -3.43. The number of fused-ring (bicyclic) bond motifs is 2. The van der Waals surface area contributed by atoms with Crippen LogP contribution in [-0.4, -0.2) is 24.5 Å². The molecule has 2 amide bonds. The van der Waals surface area contributed by atoms with Crippen molar-refractivity contribution >= 4 is 45.9 Å². The Morgan fingerprint density at radius 3 is 2.66 bits per heavy atom. The first-order valence-corrected chi connectivity index (χ1v) is 11.7. The highest BCUT2D eigenvalue weighted by Crippen LogP contribution is 2.34. The second-order valence-electron chi connectivity index (χ2n) is 6.93. The lowest BCUT2D eigenvalue weighted by atomic mass is 10.1. The van der Waals surface area contributed by atoms with E-state index in [1.807, 2.05) is 47.8 Å². The van der Waals surface area contributed by atoms with Gasteiger partial charge >= 0.3 is 5.91 Å². The Bertz CT molecular complexity index is 1270. The number of hydrogen-bond donors (Lipinski definition) is 2. The highest BCUT2D eigenvalue weighted by atomic mass is 32.2. The van der Waals surface area contributed by atoms with Gasteiger partial charge in [-0.25, -0.2) is 0 Å². The van der Waals surface area contributed by atoms with E-state index in [0.29, 0.717) is 22.8 Å². The molecule has 3 heterocycles. The van der Waals surface area contributed by atoms with Crippen LogP contribution in [0.2, 0.25) is 0 Å². The molecule has 5 rings (SSSR count). The second kappa shape index (κ2) is 8.97. The van der Waals surface area contributed by atoms with Gasteiger partial charge in [-0.05, 0) is 29.6 Å². The number of carbonyl (C=O) groups excluding carboxylic acids is 2. The molecular formula is C23H18N2O5S2. The lowest BCUT2D eigenvalue weighted by molar-refractivity contribution is -0.131. The predicted molar refractivity (Wildman–Crippen MR) is 122 cm³/mol. The molecule has 2 N–H and O–H groups in total. The van der Waals surface area contributed by atoms with Gasteiger partial charge in [0.15, 0.2) is 17.3 Å². The smallest absolute Gasteiger partial charge is 0.305 e. The van der Waals surface area contributed by atoms with E-state index in [1.165, 1.54) is 0 Å². The number of para-hydroxylation sites is 3. The summed E-state index contributed by atoms with van der Waals surface area (Å²) in [5, 5.41) is 2.88. The van der Waals surface area contributed by atoms with Crippen molar-refractivity contribution in [2.24, 2.45) is 0 Å². The zero-order valence-electron chi connectivity index (χ0n) is 16.7. The molecule has 32 heavy (non-hydrogen) atoms. The third-order valence-corrected chi connectivity index (χ3v) is 7.02. The van der Waals surface area contributed by atoms with Gasteiger partial charge in [0.1, 0.15) is 12.2 Å². The number of carbonyl (C=O) groups is 2. The van der Waals surface area contributed by atoms with E-state index in [1.54, 1.807) is 41.3 Å². The summed E-state index contributed by atoms with van der Waals surface area (Å²) < 4.78 is 18.2. The molecule has 4 aromatic rings. The van der Waals surface area contributed by atoms with Crippen LogP contribution in [0.1, 0.15) is 16.1 Å². The van der Waals surface area contributed by atoms with Crippen LogP contribution >= 0.6 is 23.1 Å². The van der Waals surface area contributed by atoms with E-state index in [-0.39, 0.29) is 12.4 Å². The molecule has 1 aliphatic heterocycles. The molecular weight excluding hydrogens is 448 g/mol. The molecule has 0 saturated carbocycles. The summed E-state index contributed by atoms with van der Waals surface area (Å²) in [7, 11) is 0. The minimum absolute atomic E-state index is 0.0477. The van der Waals surface area contributed by atoms with Gasteiger partial charge in [0.05, 0.1) is 4.21 Å². The maximum atomic E-state index is 12.9. The number of benzene rings is 2. The molecule has 0 spiro atoms. The van der Waals surface area contributed by atoms with Crippen molar-refractivity contribution in [2.45, 2.75) is 16.1 Å². The Labute approximate surface area is 191 Å². The molecule has 0 bridgehead atoms. The molecule has 0 saturated heterocycles. The van der Waals surface area contributed by atoms with Crippen LogP contribution in [0.15, 0.2) is 74.7 Å². The number of ether oxygens (including phenoxy) is 2. The van der Waals surface area contributed by atoms with Crippen LogP contribution < -0.4 is 20.3 Å². The Balaban J connectivity index is 1.28. The van der Waals surface area contributed by atoms with Gasteiger partial charge in [-0.3, -0.25) is 20.4 Å². The number of thioether (sulfide) groups is 1. The van der Waals surface area contributed by atoms with Crippen molar-refractivity contribution in [3.8, 4) is 11.5 Å². The van der Waals surface area contributed by atoms with Gasteiger partial charge in [0.2, 0.25) is 6.10 Å². The summed E-state index contributed by atoms with van der Waals surface area (Å²) in [5.74, 6) is 0.740. The van der Waals surface area contributed by atoms with Crippen molar-refractivity contribution in [1.29, 1.82) is 0 Å². The summed E-state index contributed by atoms with van der Waals surface area (Å²) in [4.78, 5) is 25.4. The fourth-order valence-corrected chi connectivity index (χ4v) is 5.13. The average molecular weight is 467 g/mol. The molecule has 162 valence electrons. The van der Waals surface area contributed by atoms with E-state index in [9.17, 15) is 9.59 Å². The van der Waals surface area contributed by atoms with E-state index < -0.39 is 17.9 Å². The lowest BCUT2D eigenvalue weighted by Crippen LogP contribution is -2.50. The summed E-state index contributed by atoms with van der Waals surface area (Å²) >= 11 is 3.27. The number of hydrogen-bond acceptors (Lipinski definition) is 7. The molecule has 2 aromatic carbocycles. The van der Waals surface area contributed by atoms with Crippen molar-refractivity contribution < 1.29 is 23.5 Å². The Morgan fingerprint density at radius 2 is 1.81 bits per heavy atom. The summed E-state index contributed by atoms with van der Waals surface area (Å²) in [6.45, 7) is 0.0477. The number of furan rings is 1. The summed E-state index contributed by atoms with van der Waals surface area (Å²) in [6, 6.07) is 18.6. The monoisotopic (exact) mass is 466 g/mol. The Morgan fingerprint density at radius 1 is 1.00 bits per heavy atom. The summed E-state index contributed by atoms with van der Waals surface area (Å²) in [6.07, 6.45) is -0.880. The standard InChI is InChI=1S/C23H18N2O5S2/c26-22(19-12-28-17-8-3-4-9-18(17)29-19)24-25-23(27)21-15(13-32-20-10-5-11-31-20)14-6-1-2-7-16(14)30-21/h1-11,19H,12-13H2,(H,24,26)(H,25,27). The third-order valence-electron chi connectivity index (χ3n) is 4.86. The molecule has 1 aliphatic rings. The van der Waals surface area contributed by atoms with Gasteiger partial charge < -0.3 is 13.9 Å². The van der Waals surface area contributed by atoms with E-state index >= 15 is 0 Å². The zero-order valence-corrected chi connectivity index (χ0v) is 18.3. The van der Waals surface area contributed by atoms with Crippen LogP contribution in [0.5, 0.6) is 11.5 Å². The van der Waals surface area contributed by atoms with Crippen LogP contribution in [0.3, 0.4) is 0 Å². The van der Waals surface area contributed by atoms with E-state index in [2.05, 4.69) is 10.9 Å². The second-order valence-corrected chi connectivity index (χ2v) is 9.16. The number of thiophene rings is 1. The van der Waals surface area contributed by atoms with Crippen LogP contribution in [0, 0.1) is 0 Å². The van der Waals surface area contributed by atoms with E-state index in [4.69, 9.17) is 13.9 Å². The number of amides is 2. The molecule has 9 heteroatoms. The third kappa shape index (κ3) is 4.17. The van der Waals surface area contributed by atoms with Gasteiger partial charge in [0, 0.05) is 16.7 Å². The van der Waals surface area contributed by atoms with Crippen LogP contribution in [0.4, 0.5) is 0 Å². The first-order chi connectivity index (χ1) is 15.7. The largest absolute Gasteiger partial charge is 0.485 e. The predicted octanol–water partition coefficient (Wildman–Crippen LogP) is 4.39. The maximum Gasteiger partial charge on any atom is 0.305 e. The zero-order chi connectivity index (χ0) is 21.9. The fourth-order valence-electron chi connectivity index (χ4n) is 3.32. The van der Waals surface area contributed by atoms with Gasteiger partial charge in [0.25, 0.3) is 5.91 Å². The maximum absolute atomic E-state index is 12.9. The SMILES string of the molecule is O=C(NNC(=O)C1COc2ccccc2O1)c1oc2ccccc2c1CSc1cccs1. The number of hydrazine groups is 1. The molecule has 0 radical (unpaired) electrons. The van der Waals surface area contributed by atoms with Gasteiger partial charge in [-0.1, -0.05) is 36.4 Å². The molecule has 0 aliphatic carbocycles. The highest BCUT2D eigenvalue weighted by Gasteiger charge is 2.28. The molecule has 1 atom stereocenters. The van der Waals surface area contributed by atoms with Crippen molar-refractivity contribution in [3.63, 3.8) is 0 Å². The van der Waals surface area contributed by atoms with Crippen molar-refractivity contribution in [1.82, 2.24) is 10.9 Å². The van der Waals surface area contributed by atoms with Gasteiger partial charge in [-0.2, -0.15) is 0 Å². The minimum atomic E-state index is -0.880. The molecule has 7 nitrogen and oxygen atoms in total. The number of nitrogens with one attached hydrogen (secondary N) is 2. The van der Waals surface area contributed by atoms with Gasteiger partial charge in [-0.15, -0.1) is 23.1 Å². The first kappa shape index (κ1) is 20.5. The molecule has 2 aromatic heterocycles. The van der Waals surface area contributed by atoms with Crippen molar-refractivity contribution in [2.75, 3.05) is 6.61 Å². The highest BCUT2D eigenvalue weighted by molar-refractivity contribution is 8.00. The van der Waals surface area contributed by atoms with Crippen LogP contribution in [-0.2, 0) is 10.5 Å². The molecule has 1 unspecified atom stereocenters. The Kier molecular flexibility index (Phi) is 5.74. The fraction of sp³-hybridized carbons (Fsp3) is 0.130. The first-order valence-electron chi connectivity index (χ1n) is 9.84. The minimum Gasteiger partial charge on any atom is -0.485 e. The lowest BCUT2D eigenvalue weighted by Gasteiger charge is -2.25. The van der Waals surface area contributed by atoms with Crippen molar-refractivity contribution in [3.05, 3.63) is 77.4 Å².